The molecule has 7 nitrogen and oxygen atoms in total. The molecule has 1 saturated carbocycles. The molecule has 1 aliphatic carbocycles. The molecule has 2 heterocycles. The van der Waals surface area contributed by atoms with Gasteiger partial charge >= 0.3 is 6.09 Å². The van der Waals surface area contributed by atoms with Gasteiger partial charge in [-0.15, -0.1) is 0 Å². The van der Waals surface area contributed by atoms with Gasteiger partial charge in [-0.25, -0.2) is 4.79 Å². The van der Waals surface area contributed by atoms with Crippen molar-refractivity contribution in [2.24, 2.45) is 0 Å². The molecule has 1 fully saturated rings. The van der Waals surface area contributed by atoms with Gasteiger partial charge < -0.3 is 14.9 Å². The van der Waals surface area contributed by atoms with Crippen LogP contribution in [0.5, 0.6) is 0 Å². The van der Waals surface area contributed by atoms with Crippen LogP contribution in [0.4, 0.5) is 4.79 Å². The Bertz CT molecular complexity index is 651. The lowest BCUT2D eigenvalue weighted by Gasteiger charge is -2.24. The van der Waals surface area contributed by atoms with E-state index in [-0.39, 0.29) is 5.89 Å². The number of rotatable bonds is 4. The highest BCUT2D eigenvalue weighted by atomic mass is 16.5. The van der Waals surface area contributed by atoms with Gasteiger partial charge in [0.05, 0.1) is 0 Å². The molecule has 0 radical (unpaired) electrons. The standard InChI is InChI=1S/C14H16N4O3/c1-8(16-14(19)20)13-17-12(18-21-13)10-5-6-15-11(7-10)9-3-2-4-9/h5-9,16H,2-4H2,1H3,(H,19,20). The Kier molecular flexibility index (Phi) is 3.55. The Hall–Kier alpha value is -2.44. The number of hydrogen-bond donors (Lipinski definition) is 2. The summed E-state index contributed by atoms with van der Waals surface area (Å²) in [6, 6.07) is 3.26. The molecule has 1 unspecified atom stereocenters. The molecule has 110 valence electrons. The lowest BCUT2D eigenvalue weighted by molar-refractivity contribution is 0.187. The first-order valence-electron chi connectivity index (χ1n) is 6.93. The fourth-order valence-corrected chi connectivity index (χ4v) is 2.29. The van der Waals surface area contributed by atoms with Crippen LogP contribution in [-0.4, -0.2) is 26.3 Å². The molecule has 0 bridgehead atoms. The third kappa shape index (κ3) is 2.86. The fraction of sp³-hybridized carbons (Fsp3) is 0.429. The zero-order chi connectivity index (χ0) is 14.8. The molecule has 2 N–H and O–H groups in total. The van der Waals surface area contributed by atoms with Crippen LogP contribution in [0.15, 0.2) is 22.9 Å². The second kappa shape index (κ2) is 5.51. The van der Waals surface area contributed by atoms with E-state index in [4.69, 9.17) is 9.63 Å². The van der Waals surface area contributed by atoms with Crippen LogP contribution in [0.3, 0.4) is 0 Å². The zero-order valence-corrected chi connectivity index (χ0v) is 11.6. The SMILES string of the molecule is CC(NC(=O)O)c1nc(-c2ccnc(C3CCC3)c2)no1. The first kappa shape index (κ1) is 13.5. The predicted octanol–water partition coefficient (Wildman–Crippen LogP) is 2.73. The van der Waals surface area contributed by atoms with Crippen molar-refractivity contribution < 1.29 is 14.4 Å². The van der Waals surface area contributed by atoms with Gasteiger partial charge in [-0.3, -0.25) is 4.98 Å². The molecule has 21 heavy (non-hydrogen) atoms. The molecule has 2 aromatic heterocycles. The number of hydrogen-bond acceptors (Lipinski definition) is 5. The van der Waals surface area contributed by atoms with Crippen molar-refractivity contribution in [3.8, 4) is 11.4 Å². The molecule has 0 spiro atoms. The smallest absolute Gasteiger partial charge is 0.405 e. The lowest BCUT2D eigenvalue weighted by Crippen LogP contribution is -2.24. The molecule has 1 amide bonds. The van der Waals surface area contributed by atoms with Gasteiger partial charge in [0, 0.05) is 23.4 Å². The minimum absolute atomic E-state index is 0.245. The Morgan fingerprint density at radius 1 is 1.52 bits per heavy atom. The molecule has 7 heteroatoms. The minimum atomic E-state index is -1.13. The highest BCUT2D eigenvalue weighted by molar-refractivity contribution is 5.65. The van der Waals surface area contributed by atoms with Crippen LogP contribution in [0.2, 0.25) is 0 Å². The summed E-state index contributed by atoms with van der Waals surface area (Å²) in [5, 5.41) is 14.9. The van der Waals surface area contributed by atoms with Crippen molar-refractivity contribution in [1.82, 2.24) is 20.4 Å². The molecule has 0 saturated heterocycles. The normalized spacial score (nSPS) is 16.2. The van der Waals surface area contributed by atoms with Crippen molar-refractivity contribution in [1.29, 1.82) is 0 Å². The zero-order valence-electron chi connectivity index (χ0n) is 11.6. The van der Waals surface area contributed by atoms with Gasteiger partial charge in [-0.05, 0) is 31.9 Å². The first-order valence-corrected chi connectivity index (χ1v) is 6.93. The lowest BCUT2D eigenvalue weighted by atomic mass is 9.82. The van der Waals surface area contributed by atoms with Crippen molar-refractivity contribution in [2.75, 3.05) is 0 Å². The highest BCUT2D eigenvalue weighted by Crippen LogP contribution is 2.36. The molecular weight excluding hydrogens is 272 g/mol. The van der Waals surface area contributed by atoms with E-state index in [1.807, 2.05) is 12.1 Å². The van der Waals surface area contributed by atoms with Crippen LogP contribution in [0, 0.1) is 0 Å². The summed E-state index contributed by atoms with van der Waals surface area (Å²) >= 11 is 0. The van der Waals surface area contributed by atoms with Gasteiger partial charge in [0.15, 0.2) is 0 Å². The average Bonchev–Trinajstić information content (AvgIpc) is 2.86. The van der Waals surface area contributed by atoms with Crippen LogP contribution in [0.1, 0.15) is 49.7 Å². The third-order valence-corrected chi connectivity index (χ3v) is 3.71. The summed E-state index contributed by atoms with van der Waals surface area (Å²) in [6.07, 6.45) is 4.22. The first-order chi connectivity index (χ1) is 10.1. The molecule has 1 atom stereocenters. The molecule has 2 aromatic rings. The molecular formula is C14H16N4O3. The molecule has 0 aromatic carbocycles. The van der Waals surface area contributed by atoms with E-state index in [0.717, 1.165) is 11.3 Å². The van der Waals surface area contributed by atoms with Crippen molar-refractivity contribution in [3.05, 3.63) is 29.9 Å². The number of carboxylic acid groups (broad SMARTS) is 1. The Balaban J connectivity index is 1.80. The summed E-state index contributed by atoms with van der Waals surface area (Å²) in [6.45, 7) is 1.65. The Morgan fingerprint density at radius 2 is 2.33 bits per heavy atom. The predicted molar refractivity (Wildman–Crippen MR) is 73.7 cm³/mol. The monoisotopic (exact) mass is 288 g/mol. The number of carbonyl (C=O) groups is 1. The summed E-state index contributed by atoms with van der Waals surface area (Å²) in [5.41, 5.74) is 1.89. The van der Waals surface area contributed by atoms with Crippen LogP contribution in [-0.2, 0) is 0 Å². The second-order valence-corrected chi connectivity index (χ2v) is 5.22. The van der Waals surface area contributed by atoms with E-state index in [0.29, 0.717) is 11.7 Å². The summed E-state index contributed by atoms with van der Waals surface area (Å²) in [5.74, 6) is 1.23. The van der Waals surface area contributed by atoms with E-state index >= 15 is 0 Å². The fourth-order valence-electron chi connectivity index (χ4n) is 2.29. The van der Waals surface area contributed by atoms with Gasteiger partial charge in [0.1, 0.15) is 6.04 Å². The van der Waals surface area contributed by atoms with E-state index in [9.17, 15) is 4.79 Å². The largest absolute Gasteiger partial charge is 0.465 e. The van der Waals surface area contributed by atoms with E-state index in [1.54, 1.807) is 13.1 Å². The number of nitrogens with one attached hydrogen (secondary N) is 1. The highest BCUT2D eigenvalue weighted by Gasteiger charge is 2.22. The summed E-state index contributed by atoms with van der Waals surface area (Å²) in [7, 11) is 0. The van der Waals surface area contributed by atoms with Gasteiger partial charge in [0.25, 0.3) is 0 Å². The minimum Gasteiger partial charge on any atom is -0.465 e. The van der Waals surface area contributed by atoms with Gasteiger partial charge in [-0.1, -0.05) is 11.6 Å². The number of nitrogens with zero attached hydrogens (tertiary/aromatic N) is 3. The molecule has 1 aliphatic rings. The molecule has 0 aliphatic heterocycles. The summed E-state index contributed by atoms with van der Waals surface area (Å²) < 4.78 is 5.12. The van der Waals surface area contributed by atoms with E-state index < -0.39 is 12.1 Å². The third-order valence-electron chi connectivity index (χ3n) is 3.71. The van der Waals surface area contributed by atoms with E-state index in [1.165, 1.54) is 19.3 Å². The van der Waals surface area contributed by atoms with Crippen LogP contribution >= 0.6 is 0 Å². The maximum atomic E-state index is 10.6. The van der Waals surface area contributed by atoms with Crippen molar-refractivity contribution in [3.63, 3.8) is 0 Å². The van der Waals surface area contributed by atoms with Crippen molar-refractivity contribution in [2.45, 2.75) is 38.1 Å². The Morgan fingerprint density at radius 3 is 3.00 bits per heavy atom. The summed E-state index contributed by atoms with van der Waals surface area (Å²) in [4.78, 5) is 19.2. The van der Waals surface area contributed by atoms with Crippen LogP contribution < -0.4 is 5.32 Å². The Labute approximate surface area is 121 Å². The topological polar surface area (TPSA) is 101 Å². The quantitative estimate of drug-likeness (QED) is 0.897. The van der Waals surface area contributed by atoms with Crippen molar-refractivity contribution >= 4 is 6.09 Å². The van der Waals surface area contributed by atoms with Gasteiger partial charge in [-0.2, -0.15) is 4.98 Å². The maximum Gasteiger partial charge on any atom is 0.405 e. The molecule has 3 rings (SSSR count). The number of amides is 1. The maximum absolute atomic E-state index is 10.6. The van der Waals surface area contributed by atoms with E-state index in [2.05, 4.69) is 20.4 Å². The van der Waals surface area contributed by atoms with Gasteiger partial charge in [0.2, 0.25) is 11.7 Å². The second-order valence-electron chi connectivity index (χ2n) is 5.22. The van der Waals surface area contributed by atoms with Crippen LogP contribution in [0.25, 0.3) is 11.4 Å². The average molecular weight is 288 g/mol. The number of pyridine rings is 1. The number of aromatic nitrogens is 3.